The van der Waals surface area contributed by atoms with Crippen molar-refractivity contribution in [3.63, 3.8) is 0 Å². The second-order valence-corrected chi connectivity index (χ2v) is 6.03. The van der Waals surface area contributed by atoms with Crippen molar-refractivity contribution in [3.8, 4) is 0 Å². The predicted octanol–water partition coefficient (Wildman–Crippen LogP) is 2.55. The minimum Gasteiger partial charge on any atom is -0.362 e. The topological polar surface area (TPSA) is 78.7 Å². The summed E-state index contributed by atoms with van der Waals surface area (Å²) in [6.07, 6.45) is -4.36. The highest BCUT2D eigenvalue weighted by atomic mass is 32.1. The van der Waals surface area contributed by atoms with Gasteiger partial charge in [-0.05, 0) is 24.4 Å². The lowest BCUT2D eigenvalue weighted by Crippen LogP contribution is -2.52. The van der Waals surface area contributed by atoms with Gasteiger partial charge in [0, 0.05) is 38.7 Å². The number of hydrogen-bond acceptors (Lipinski definition) is 5. The lowest BCUT2D eigenvalue weighted by molar-refractivity contribution is -0.384. The number of nitro groups is 1. The monoisotopic (exact) mass is 390 g/mol. The van der Waals surface area contributed by atoms with E-state index in [1.807, 2.05) is 0 Å². The highest BCUT2D eigenvalue weighted by molar-refractivity contribution is 7.80. The first-order valence-electron chi connectivity index (χ1n) is 7.82. The highest BCUT2D eigenvalue weighted by Gasteiger charge is 2.34. The van der Waals surface area contributed by atoms with Crippen molar-refractivity contribution >= 4 is 34.6 Å². The molecule has 1 N–H and O–H groups in total. The first kappa shape index (κ1) is 19.9. The first-order chi connectivity index (χ1) is 12.1. The Morgan fingerprint density at radius 2 is 1.92 bits per heavy atom. The SMILES string of the molecule is CCC(=O)NC(=S)N1CCN(c2ccc(C(F)(F)F)cc2[N+](=O)[O-])CC1. The van der Waals surface area contributed by atoms with Crippen molar-refractivity contribution in [3.05, 3.63) is 33.9 Å². The summed E-state index contributed by atoms with van der Waals surface area (Å²) in [4.78, 5) is 25.2. The number of rotatable bonds is 3. The van der Waals surface area contributed by atoms with Gasteiger partial charge in [-0.2, -0.15) is 13.2 Å². The first-order valence-corrected chi connectivity index (χ1v) is 8.23. The van der Waals surface area contributed by atoms with Crippen LogP contribution in [0.25, 0.3) is 0 Å². The van der Waals surface area contributed by atoms with Gasteiger partial charge in [0.1, 0.15) is 5.69 Å². The number of hydrogen-bond donors (Lipinski definition) is 1. The Balaban J connectivity index is 2.12. The molecular formula is C15H17F3N4O3S. The molecule has 1 saturated heterocycles. The summed E-state index contributed by atoms with van der Waals surface area (Å²) in [6, 6.07) is 2.50. The van der Waals surface area contributed by atoms with Gasteiger partial charge >= 0.3 is 6.18 Å². The van der Waals surface area contributed by atoms with Crippen molar-refractivity contribution in [2.24, 2.45) is 0 Å². The molecule has 1 amide bonds. The number of nitrogens with zero attached hydrogens (tertiary/aromatic N) is 3. The fourth-order valence-corrected chi connectivity index (χ4v) is 2.85. The average Bonchev–Trinajstić information content (AvgIpc) is 2.60. The van der Waals surface area contributed by atoms with Gasteiger partial charge in [0.05, 0.1) is 10.5 Å². The minimum absolute atomic E-state index is 0.131. The molecule has 2 rings (SSSR count). The third-order valence-electron chi connectivity index (χ3n) is 3.97. The zero-order valence-electron chi connectivity index (χ0n) is 13.9. The molecule has 0 unspecified atom stereocenters. The van der Waals surface area contributed by atoms with E-state index in [2.05, 4.69) is 5.32 Å². The summed E-state index contributed by atoms with van der Waals surface area (Å²) in [6.45, 7) is 3.13. The van der Waals surface area contributed by atoms with E-state index >= 15 is 0 Å². The smallest absolute Gasteiger partial charge is 0.362 e. The number of nitrogens with one attached hydrogen (secondary N) is 1. The maximum atomic E-state index is 12.8. The molecule has 1 aliphatic rings. The number of amides is 1. The van der Waals surface area contributed by atoms with Gasteiger partial charge in [-0.3, -0.25) is 14.9 Å². The Bertz CT molecular complexity index is 719. The van der Waals surface area contributed by atoms with Crippen molar-refractivity contribution < 1.29 is 22.9 Å². The molecule has 0 atom stereocenters. The molecule has 142 valence electrons. The van der Waals surface area contributed by atoms with E-state index in [1.165, 1.54) is 0 Å². The van der Waals surface area contributed by atoms with Crippen LogP contribution in [0, 0.1) is 10.1 Å². The lowest BCUT2D eigenvalue weighted by Gasteiger charge is -2.37. The largest absolute Gasteiger partial charge is 0.416 e. The van der Waals surface area contributed by atoms with Crippen molar-refractivity contribution in [1.29, 1.82) is 0 Å². The van der Waals surface area contributed by atoms with Crippen LogP contribution in [0.15, 0.2) is 18.2 Å². The number of thiocarbonyl (C=S) groups is 1. The average molecular weight is 390 g/mol. The highest BCUT2D eigenvalue weighted by Crippen LogP contribution is 2.36. The van der Waals surface area contributed by atoms with E-state index < -0.39 is 22.4 Å². The van der Waals surface area contributed by atoms with Crippen LogP contribution in [0.4, 0.5) is 24.5 Å². The molecule has 26 heavy (non-hydrogen) atoms. The van der Waals surface area contributed by atoms with Crippen LogP contribution >= 0.6 is 12.2 Å². The number of benzene rings is 1. The maximum absolute atomic E-state index is 12.8. The van der Waals surface area contributed by atoms with E-state index in [1.54, 1.807) is 16.7 Å². The summed E-state index contributed by atoms with van der Waals surface area (Å²) in [5.41, 5.74) is -1.52. The Morgan fingerprint density at radius 3 is 2.42 bits per heavy atom. The van der Waals surface area contributed by atoms with Gasteiger partial charge in [-0.15, -0.1) is 0 Å². The standard InChI is InChI=1S/C15H17F3N4O3S/c1-2-13(23)19-14(26)21-7-5-20(6-8-21)11-4-3-10(15(16,17)18)9-12(11)22(24)25/h3-4,9H,2,5-8H2,1H3,(H,19,23,26). The van der Waals surface area contributed by atoms with Gasteiger partial charge < -0.3 is 15.1 Å². The molecule has 0 saturated carbocycles. The van der Waals surface area contributed by atoms with Crippen LogP contribution in [-0.2, 0) is 11.0 Å². The molecule has 0 aromatic heterocycles. The number of carbonyl (C=O) groups is 1. The number of anilines is 1. The zero-order chi connectivity index (χ0) is 19.5. The molecule has 0 aliphatic carbocycles. The number of piperazine rings is 1. The minimum atomic E-state index is -4.65. The Labute approximate surface area is 152 Å². The molecule has 0 radical (unpaired) electrons. The molecule has 1 fully saturated rings. The van der Waals surface area contributed by atoms with Gasteiger partial charge in [-0.1, -0.05) is 6.92 Å². The van der Waals surface area contributed by atoms with Crippen molar-refractivity contribution in [1.82, 2.24) is 10.2 Å². The lowest BCUT2D eigenvalue weighted by atomic mass is 10.1. The van der Waals surface area contributed by atoms with E-state index in [-0.39, 0.29) is 23.1 Å². The van der Waals surface area contributed by atoms with Gasteiger partial charge in [0.25, 0.3) is 5.69 Å². The zero-order valence-corrected chi connectivity index (χ0v) is 14.7. The van der Waals surface area contributed by atoms with Crippen LogP contribution in [0.3, 0.4) is 0 Å². The summed E-state index contributed by atoms with van der Waals surface area (Å²) in [5.74, 6) is -0.212. The summed E-state index contributed by atoms with van der Waals surface area (Å²) >= 11 is 5.14. The predicted molar refractivity (Wildman–Crippen MR) is 92.9 cm³/mol. The summed E-state index contributed by atoms with van der Waals surface area (Å²) in [7, 11) is 0. The number of nitro benzene ring substituents is 1. The molecule has 0 bridgehead atoms. The number of halogens is 3. The molecular weight excluding hydrogens is 373 g/mol. The quantitative estimate of drug-likeness (QED) is 0.486. The van der Waals surface area contributed by atoms with Crippen LogP contribution < -0.4 is 10.2 Å². The normalized spacial score (nSPS) is 14.9. The van der Waals surface area contributed by atoms with E-state index in [0.717, 1.165) is 12.1 Å². The molecule has 1 aromatic carbocycles. The Morgan fingerprint density at radius 1 is 1.31 bits per heavy atom. The second kappa shape index (κ2) is 7.85. The van der Waals surface area contributed by atoms with Crippen LogP contribution in [0.2, 0.25) is 0 Å². The molecule has 1 aliphatic heterocycles. The van der Waals surface area contributed by atoms with E-state index in [4.69, 9.17) is 12.2 Å². The fraction of sp³-hybridized carbons (Fsp3) is 0.467. The van der Waals surface area contributed by atoms with E-state index in [0.29, 0.717) is 32.2 Å². The van der Waals surface area contributed by atoms with Crippen LogP contribution in [-0.4, -0.2) is 47.0 Å². The third-order valence-corrected chi connectivity index (χ3v) is 4.33. The molecule has 1 heterocycles. The second-order valence-electron chi connectivity index (χ2n) is 5.64. The molecule has 1 aromatic rings. The Kier molecular flexibility index (Phi) is 6.01. The maximum Gasteiger partial charge on any atom is 0.416 e. The van der Waals surface area contributed by atoms with Gasteiger partial charge in [0.2, 0.25) is 5.91 Å². The van der Waals surface area contributed by atoms with Gasteiger partial charge in [-0.25, -0.2) is 0 Å². The third kappa shape index (κ3) is 4.59. The fourth-order valence-electron chi connectivity index (χ4n) is 2.55. The van der Waals surface area contributed by atoms with E-state index in [9.17, 15) is 28.1 Å². The Hall–Kier alpha value is -2.43. The molecule has 11 heteroatoms. The molecule has 7 nitrogen and oxygen atoms in total. The van der Waals surface area contributed by atoms with Gasteiger partial charge in [0.15, 0.2) is 5.11 Å². The number of carbonyl (C=O) groups excluding carboxylic acids is 1. The van der Waals surface area contributed by atoms with Crippen LogP contribution in [0.1, 0.15) is 18.9 Å². The summed E-state index contributed by atoms with van der Waals surface area (Å²) < 4.78 is 38.4. The van der Waals surface area contributed by atoms with Crippen molar-refractivity contribution in [2.45, 2.75) is 19.5 Å². The van der Waals surface area contributed by atoms with Crippen molar-refractivity contribution in [2.75, 3.05) is 31.1 Å². The number of alkyl halides is 3. The van der Waals surface area contributed by atoms with Crippen LogP contribution in [0.5, 0.6) is 0 Å². The summed E-state index contributed by atoms with van der Waals surface area (Å²) in [5, 5.41) is 14.1. The molecule has 0 spiro atoms.